The Morgan fingerprint density at radius 3 is 1.50 bits per heavy atom. The van der Waals surface area contributed by atoms with Crippen molar-refractivity contribution in [2.24, 2.45) is 46.5 Å². The quantitative estimate of drug-likeness (QED) is 0.120. The van der Waals surface area contributed by atoms with Crippen LogP contribution < -0.4 is 26.7 Å². The molecule has 1 fully saturated rings. The molecule has 2 aliphatic rings. The Kier molecular flexibility index (Phi) is 34.7. The highest BCUT2D eigenvalue weighted by molar-refractivity contribution is 5.99. The second-order valence-electron chi connectivity index (χ2n) is 28.4. The number of para-hydroxylation sites is 1. The summed E-state index contributed by atoms with van der Waals surface area (Å²) in [7, 11) is 9.92. The van der Waals surface area contributed by atoms with Crippen molar-refractivity contribution in [2.75, 3.05) is 61.3 Å². The van der Waals surface area contributed by atoms with Crippen molar-refractivity contribution < 1.29 is 57.8 Å². The Labute approximate surface area is 572 Å². The molecule has 3 rings (SSSR count). The number of likely N-dealkylation sites (N-methyl/N-ethyl adjacent to an activating group) is 7. The van der Waals surface area contributed by atoms with Gasteiger partial charge in [-0.15, -0.1) is 0 Å². The van der Waals surface area contributed by atoms with Gasteiger partial charge in [0.15, 0.2) is 0 Å². The third-order valence-corrected chi connectivity index (χ3v) is 17.7. The van der Waals surface area contributed by atoms with Gasteiger partial charge in [0.1, 0.15) is 60.4 Å². The number of fused-ring (bicyclic) bond motifs is 1. The third-order valence-electron chi connectivity index (χ3n) is 17.7. The summed E-state index contributed by atoms with van der Waals surface area (Å²) in [6, 6.07) is -4.28. The first-order valence-corrected chi connectivity index (χ1v) is 34.1. The fraction of sp³-hybridized carbons (Fsp3) is 0.690. The van der Waals surface area contributed by atoms with E-state index in [2.05, 4.69) is 31.8 Å². The van der Waals surface area contributed by atoms with E-state index >= 15 is 9.59 Å². The second kappa shape index (κ2) is 39.5. The van der Waals surface area contributed by atoms with Gasteiger partial charge in [0.2, 0.25) is 65.0 Å². The van der Waals surface area contributed by atoms with Crippen molar-refractivity contribution in [1.82, 2.24) is 55.6 Å². The minimum Gasteiger partial charge on any atom is -0.390 e. The highest BCUT2D eigenvalue weighted by Crippen LogP contribution is 2.26. The Hall–Kier alpha value is -7.70. The molecule has 1 aromatic carbocycles. The summed E-state index contributed by atoms with van der Waals surface area (Å²) in [5.41, 5.74) is 5.16. The van der Waals surface area contributed by atoms with Crippen LogP contribution in [0.15, 0.2) is 47.6 Å². The zero-order chi connectivity index (χ0) is 73.5. The Morgan fingerprint density at radius 2 is 0.990 bits per heavy atom. The van der Waals surface area contributed by atoms with Gasteiger partial charge >= 0.3 is 0 Å². The fourth-order valence-corrected chi connectivity index (χ4v) is 11.7. The Balaban J connectivity index is 0.00000254. The first-order chi connectivity index (χ1) is 44.7. The number of hydrazone groups is 1. The van der Waals surface area contributed by atoms with Crippen molar-refractivity contribution >= 4 is 83.0 Å². The lowest BCUT2D eigenvalue weighted by atomic mass is 9.91. The lowest BCUT2D eigenvalue weighted by Crippen LogP contribution is -2.63. The minimum atomic E-state index is -1.61. The number of hydrogen-bond acceptors (Lipinski definition) is 14. The molecule has 540 valence electrons. The first kappa shape index (κ1) is 84.4. The molecule has 0 aromatic heterocycles. The van der Waals surface area contributed by atoms with Crippen LogP contribution in [0.3, 0.4) is 0 Å². The molecule has 0 aliphatic carbocycles. The van der Waals surface area contributed by atoms with Crippen LogP contribution in [0.4, 0.5) is 5.69 Å². The van der Waals surface area contributed by atoms with Crippen molar-refractivity contribution in [3.63, 3.8) is 0 Å². The average molecular weight is 1350 g/mol. The van der Waals surface area contributed by atoms with E-state index in [0.29, 0.717) is 6.42 Å². The molecule has 0 radical (unpaired) electrons. The van der Waals surface area contributed by atoms with Gasteiger partial charge in [-0.05, 0) is 118 Å². The molecule has 2 aliphatic heterocycles. The number of hydrogen-bond donors (Lipinski definition) is 6. The smallest absolute Gasteiger partial charge is 0.246 e. The van der Waals surface area contributed by atoms with Gasteiger partial charge in [-0.2, -0.15) is 5.10 Å². The molecule has 11 amide bonds. The highest BCUT2D eigenvalue weighted by Gasteiger charge is 2.46. The average Bonchev–Trinajstić information content (AvgIpc) is 0.839. The van der Waals surface area contributed by atoms with Gasteiger partial charge < -0.3 is 60.7 Å². The monoisotopic (exact) mass is 1350 g/mol. The predicted molar refractivity (Wildman–Crippen MR) is 376 cm³/mol. The highest BCUT2D eigenvalue weighted by atomic mass is 16.3. The second-order valence-corrected chi connectivity index (χ2v) is 28.4. The molecule has 0 unspecified atom stereocenters. The summed E-state index contributed by atoms with van der Waals surface area (Å²) in [6.07, 6.45) is 8.72. The summed E-state index contributed by atoms with van der Waals surface area (Å²) in [4.78, 5) is 169. The number of allylic oxidation sites excluding steroid dienone is 3. The van der Waals surface area contributed by atoms with Crippen LogP contribution in [0.5, 0.6) is 0 Å². The van der Waals surface area contributed by atoms with E-state index in [1.165, 1.54) is 93.2 Å². The van der Waals surface area contributed by atoms with Crippen LogP contribution in [0.2, 0.25) is 0 Å². The largest absolute Gasteiger partial charge is 0.390 e. The molecular formula is C71H119N13O12. The summed E-state index contributed by atoms with van der Waals surface area (Å²) >= 11 is 0. The van der Waals surface area contributed by atoms with Gasteiger partial charge in [0, 0.05) is 55.5 Å². The molecule has 0 spiro atoms. The van der Waals surface area contributed by atoms with Crippen molar-refractivity contribution in [3.05, 3.63) is 48.1 Å². The SMILES string of the molecule is C/C=C/C[C@@H](C)[C@@H](O)[C@H]1C(=O)N[C@@H](CC)C(=O)N(C)CC(=O)N(C)[C@@H](CC(C)C)C(=O)N[C@@H](C(C)C)C(=O)N(C)[C@@H](CC(C)C)C(=O)N[C@@H](C)C(=O)N[C@H](C)C(=O)N(C)[C@@H](CC(C)C)C(=O)N(C)[C@@H](CC(C)C)C(=O)N(C)[C@@H](C(C)C)C(=O)N1C.C1=Cc2ccccc2NN=C1. The van der Waals surface area contributed by atoms with Crippen LogP contribution in [0.25, 0.3) is 6.08 Å². The van der Waals surface area contributed by atoms with E-state index in [1.54, 1.807) is 60.8 Å². The van der Waals surface area contributed by atoms with Crippen LogP contribution >= 0.6 is 0 Å². The van der Waals surface area contributed by atoms with E-state index in [9.17, 15) is 48.3 Å². The van der Waals surface area contributed by atoms with Crippen LogP contribution in [-0.2, 0) is 52.7 Å². The van der Waals surface area contributed by atoms with Crippen molar-refractivity contribution in [2.45, 2.75) is 223 Å². The van der Waals surface area contributed by atoms with E-state index in [1.807, 2.05) is 97.9 Å². The minimum absolute atomic E-state index is 0.0229. The van der Waals surface area contributed by atoms with Gasteiger partial charge in [0.25, 0.3) is 0 Å². The number of nitrogens with zero attached hydrogens (tertiary/aromatic N) is 8. The third kappa shape index (κ3) is 24.1. The maximum atomic E-state index is 15.1. The van der Waals surface area contributed by atoms with Crippen molar-refractivity contribution in [3.8, 4) is 0 Å². The molecule has 1 aromatic rings. The topological polar surface area (TPSA) is 303 Å². The molecular weight excluding hydrogens is 1230 g/mol. The molecule has 0 saturated carbocycles. The van der Waals surface area contributed by atoms with Crippen LogP contribution in [0, 0.1) is 41.4 Å². The first-order valence-electron chi connectivity index (χ1n) is 34.1. The number of anilines is 1. The van der Waals surface area contributed by atoms with E-state index in [-0.39, 0.29) is 55.8 Å². The zero-order valence-corrected chi connectivity index (χ0v) is 62.1. The number of aliphatic hydroxyl groups excluding tert-OH is 1. The summed E-state index contributed by atoms with van der Waals surface area (Å²) in [5.74, 6) is -9.71. The van der Waals surface area contributed by atoms with Gasteiger partial charge in [0.05, 0.1) is 18.3 Å². The summed E-state index contributed by atoms with van der Waals surface area (Å²) in [5, 5.41) is 27.0. The number of rotatable bonds is 15. The molecule has 0 bridgehead atoms. The van der Waals surface area contributed by atoms with Crippen LogP contribution in [0.1, 0.15) is 162 Å². The van der Waals surface area contributed by atoms with E-state index < -0.39 is 156 Å². The lowest BCUT2D eigenvalue weighted by Gasteiger charge is -2.41. The fourth-order valence-electron chi connectivity index (χ4n) is 11.7. The number of carbonyl (C=O) groups is 11. The lowest BCUT2D eigenvalue weighted by molar-refractivity contribution is -0.157. The Bertz CT molecular complexity index is 2890. The normalized spacial score (nSPS) is 25.4. The predicted octanol–water partition coefficient (Wildman–Crippen LogP) is 5.38. The summed E-state index contributed by atoms with van der Waals surface area (Å²) in [6.45, 7) is 29.3. The number of aliphatic hydroxyl groups is 1. The molecule has 6 N–H and O–H groups in total. The molecule has 25 heteroatoms. The van der Waals surface area contributed by atoms with E-state index in [0.717, 1.165) is 15.5 Å². The maximum Gasteiger partial charge on any atom is 0.246 e. The molecule has 96 heavy (non-hydrogen) atoms. The van der Waals surface area contributed by atoms with Gasteiger partial charge in [-0.25, -0.2) is 0 Å². The maximum absolute atomic E-state index is 15.1. The number of carbonyl (C=O) groups excluding carboxylic acids is 11. The molecule has 12 atom stereocenters. The number of nitrogens with one attached hydrogen (secondary N) is 5. The van der Waals surface area contributed by atoms with Gasteiger partial charge in [-0.1, -0.05) is 133 Å². The number of amides is 11. The molecule has 1 saturated heterocycles. The number of benzene rings is 1. The van der Waals surface area contributed by atoms with Crippen molar-refractivity contribution in [1.29, 1.82) is 0 Å². The Morgan fingerprint density at radius 1 is 0.521 bits per heavy atom. The summed E-state index contributed by atoms with van der Waals surface area (Å²) < 4.78 is 0. The van der Waals surface area contributed by atoms with E-state index in [4.69, 9.17) is 0 Å². The van der Waals surface area contributed by atoms with Gasteiger partial charge in [-0.3, -0.25) is 58.2 Å². The molecule has 2 heterocycles. The van der Waals surface area contributed by atoms with Crippen LogP contribution in [-0.4, -0.2) is 233 Å². The zero-order valence-electron chi connectivity index (χ0n) is 62.1. The standard InChI is InChI=1S/C62H111N11O12.C9H8N2/c1-25-27-28-40(15)52(75)51-56(79)65-43(26-2)58(81)67(18)33-48(74)68(19)44(29-34(3)4)55(78)66-49(38(11)12)61(84)69(20)45(30-35(5)6)54(77)63-41(16)53(76)64-42(17)57(80)70(21)46(31-36(7)8)59(82)71(22)47(32-37(9)10)60(83)72(23)50(39(13)14)62(85)73(51)24;1-2-6-9-8(4-1)5-3-7-10-11-9/h25,27,34-47,49-52,75H,26,28-33H2,1-24H3,(H,63,77)(H,64,76)(H,65,79)(H,66,78);1-7,11H/b27-25+;/t40-,41+,42-,43+,44+,45+,46+,47+,49+,50+,51+,52-;/m1./s1. The molecule has 25 nitrogen and oxygen atoms in total.